The Morgan fingerprint density at radius 1 is 1.58 bits per heavy atom. The maximum Gasteiger partial charge on any atom is 0.0672 e. The Morgan fingerprint density at radius 2 is 2.33 bits per heavy atom. The fourth-order valence-electron chi connectivity index (χ4n) is 1.02. The normalized spacial score (nSPS) is 16.4. The number of rotatable bonds is 7. The summed E-state index contributed by atoms with van der Waals surface area (Å²) in [4.78, 5) is 0. The summed E-state index contributed by atoms with van der Waals surface area (Å²) in [6.07, 6.45) is 2.83. The van der Waals surface area contributed by atoms with Gasteiger partial charge in [-0.15, -0.1) is 0 Å². The fourth-order valence-corrected chi connectivity index (χ4v) is 1.02. The van der Waals surface area contributed by atoms with E-state index in [-0.39, 0.29) is 0 Å². The topological polar surface area (TPSA) is 21.3 Å². The van der Waals surface area contributed by atoms with E-state index in [1.807, 2.05) is 6.92 Å². The van der Waals surface area contributed by atoms with Crippen LogP contribution in [-0.4, -0.2) is 26.3 Å². The Bertz CT molecular complexity index is 141. The van der Waals surface area contributed by atoms with Gasteiger partial charge in [-0.05, 0) is 32.2 Å². The predicted molar refractivity (Wildman–Crippen MR) is 51.2 cm³/mol. The molecule has 0 unspecified atom stereocenters. The fraction of sp³-hybridized carbons (Fsp3) is 0.800. The van der Waals surface area contributed by atoms with Crippen LogP contribution in [0.5, 0.6) is 0 Å². The second-order valence-electron chi connectivity index (χ2n) is 3.66. The number of nitrogens with one attached hydrogen (secondary N) is 1. The van der Waals surface area contributed by atoms with Crippen LogP contribution in [0.4, 0.5) is 0 Å². The minimum atomic E-state index is 0.700. The summed E-state index contributed by atoms with van der Waals surface area (Å²) in [6.45, 7) is 9.41. The summed E-state index contributed by atoms with van der Waals surface area (Å²) in [7, 11) is 0. The van der Waals surface area contributed by atoms with Crippen molar-refractivity contribution < 1.29 is 4.74 Å². The van der Waals surface area contributed by atoms with Crippen molar-refractivity contribution in [3.8, 4) is 0 Å². The van der Waals surface area contributed by atoms with E-state index >= 15 is 0 Å². The standard InChI is InChI=1S/C10H19NO/c1-9(2)8-12-6-5-11-7-10-3-4-10/h10-11H,1,3-8H2,2H3. The molecule has 0 amide bonds. The molecule has 1 aliphatic carbocycles. The van der Waals surface area contributed by atoms with Gasteiger partial charge in [-0.1, -0.05) is 12.2 Å². The highest BCUT2D eigenvalue weighted by molar-refractivity contribution is 4.87. The highest BCUT2D eigenvalue weighted by Crippen LogP contribution is 2.27. The highest BCUT2D eigenvalue weighted by atomic mass is 16.5. The third kappa shape index (κ3) is 5.33. The van der Waals surface area contributed by atoms with Crippen molar-refractivity contribution in [2.75, 3.05) is 26.3 Å². The zero-order valence-corrected chi connectivity index (χ0v) is 7.94. The molecule has 0 radical (unpaired) electrons. The quantitative estimate of drug-likeness (QED) is 0.461. The van der Waals surface area contributed by atoms with Crippen molar-refractivity contribution in [1.29, 1.82) is 0 Å². The van der Waals surface area contributed by atoms with Crippen molar-refractivity contribution >= 4 is 0 Å². The zero-order chi connectivity index (χ0) is 8.81. The van der Waals surface area contributed by atoms with Crippen molar-refractivity contribution in [3.63, 3.8) is 0 Å². The average Bonchev–Trinajstić information content (AvgIpc) is 2.79. The summed E-state index contributed by atoms with van der Waals surface area (Å²) >= 11 is 0. The minimum Gasteiger partial charge on any atom is -0.376 e. The molecule has 12 heavy (non-hydrogen) atoms. The van der Waals surface area contributed by atoms with Gasteiger partial charge >= 0.3 is 0 Å². The lowest BCUT2D eigenvalue weighted by Crippen LogP contribution is -2.22. The zero-order valence-electron chi connectivity index (χ0n) is 7.94. The molecule has 0 bridgehead atoms. The van der Waals surface area contributed by atoms with Gasteiger partial charge in [-0.3, -0.25) is 0 Å². The van der Waals surface area contributed by atoms with Crippen LogP contribution in [-0.2, 0) is 4.74 Å². The summed E-state index contributed by atoms with van der Waals surface area (Å²) < 4.78 is 5.34. The lowest BCUT2D eigenvalue weighted by molar-refractivity contribution is 0.158. The lowest BCUT2D eigenvalue weighted by atomic mass is 10.4. The molecule has 0 aliphatic heterocycles. The summed E-state index contributed by atoms with van der Waals surface area (Å²) in [5, 5.41) is 3.37. The van der Waals surface area contributed by atoms with Crippen LogP contribution in [0.1, 0.15) is 19.8 Å². The molecule has 0 saturated heterocycles. The van der Waals surface area contributed by atoms with E-state index in [0.29, 0.717) is 6.61 Å². The smallest absolute Gasteiger partial charge is 0.0672 e. The van der Waals surface area contributed by atoms with E-state index in [1.54, 1.807) is 0 Å². The SMILES string of the molecule is C=C(C)COCCNCC1CC1. The van der Waals surface area contributed by atoms with Gasteiger partial charge in [0.25, 0.3) is 0 Å². The molecule has 70 valence electrons. The van der Waals surface area contributed by atoms with Crippen LogP contribution >= 0.6 is 0 Å². The first-order chi connectivity index (χ1) is 5.79. The largest absolute Gasteiger partial charge is 0.376 e. The molecule has 0 heterocycles. The van der Waals surface area contributed by atoms with E-state index in [9.17, 15) is 0 Å². The molecule has 0 spiro atoms. The Hall–Kier alpha value is -0.340. The van der Waals surface area contributed by atoms with Crippen molar-refractivity contribution in [1.82, 2.24) is 5.32 Å². The predicted octanol–water partition coefficient (Wildman–Crippen LogP) is 1.58. The molecule has 1 N–H and O–H groups in total. The second kappa shape index (κ2) is 5.33. The molecule has 2 heteroatoms. The van der Waals surface area contributed by atoms with Crippen molar-refractivity contribution in [3.05, 3.63) is 12.2 Å². The minimum absolute atomic E-state index is 0.700. The van der Waals surface area contributed by atoms with Crippen LogP contribution in [0.3, 0.4) is 0 Å². The third-order valence-electron chi connectivity index (χ3n) is 1.90. The molecule has 1 fully saturated rings. The molecule has 1 rings (SSSR count). The molecule has 2 nitrogen and oxygen atoms in total. The molecule has 0 aromatic carbocycles. The van der Waals surface area contributed by atoms with Gasteiger partial charge < -0.3 is 10.1 Å². The van der Waals surface area contributed by atoms with Crippen LogP contribution in [0.15, 0.2) is 12.2 Å². The molecule has 1 saturated carbocycles. The first-order valence-corrected chi connectivity index (χ1v) is 4.72. The van der Waals surface area contributed by atoms with Gasteiger partial charge in [0.1, 0.15) is 0 Å². The molecular weight excluding hydrogens is 150 g/mol. The number of hydrogen-bond acceptors (Lipinski definition) is 2. The van der Waals surface area contributed by atoms with Gasteiger partial charge in [-0.25, -0.2) is 0 Å². The first-order valence-electron chi connectivity index (χ1n) is 4.72. The monoisotopic (exact) mass is 169 g/mol. The maximum atomic E-state index is 5.34. The molecule has 0 aromatic heterocycles. The van der Waals surface area contributed by atoms with Gasteiger partial charge in [0.2, 0.25) is 0 Å². The first kappa shape index (κ1) is 9.75. The molecular formula is C10H19NO. The number of hydrogen-bond donors (Lipinski definition) is 1. The third-order valence-corrected chi connectivity index (χ3v) is 1.90. The van der Waals surface area contributed by atoms with Gasteiger partial charge in [-0.2, -0.15) is 0 Å². The molecule has 0 aromatic rings. The Kier molecular flexibility index (Phi) is 4.33. The van der Waals surface area contributed by atoms with E-state index < -0.39 is 0 Å². The van der Waals surface area contributed by atoms with Gasteiger partial charge in [0.15, 0.2) is 0 Å². The summed E-state index contributed by atoms with van der Waals surface area (Å²) in [6, 6.07) is 0. The van der Waals surface area contributed by atoms with Crippen LogP contribution in [0, 0.1) is 5.92 Å². The van der Waals surface area contributed by atoms with Gasteiger partial charge in [0.05, 0.1) is 13.2 Å². The highest BCUT2D eigenvalue weighted by Gasteiger charge is 2.19. The molecule has 0 atom stereocenters. The Balaban J connectivity index is 1.73. The van der Waals surface area contributed by atoms with Crippen molar-refractivity contribution in [2.24, 2.45) is 5.92 Å². The lowest BCUT2D eigenvalue weighted by Gasteiger charge is -2.04. The summed E-state index contributed by atoms with van der Waals surface area (Å²) in [5.41, 5.74) is 1.09. The van der Waals surface area contributed by atoms with Crippen LogP contribution in [0.25, 0.3) is 0 Å². The van der Waals surface area contributed by atoms with E-state index in [1.165, 1.54) is 19.4 Å². The van der Waals surface area contributed by atoms with E-state index in [4.69, 9.17) is 4.74 Å². The Morgan fingerprint density at radius 3 is 2.92 bits per heavy atom. The van der Waals surface area contributed by atoms with Crippen LogP contribution < -0.4 is 5.32 Å². The summed E-state index contributed by atoms with van der Waals surface area (Å²) in [5.74, 6) is 0.964. The second-order valence-corrected chi connectivity index (χ2v) is 3.66. The van der Waals surface area contributed by atoms with Crippen LogP contribution in [0.2, 0.25) is 0 Å². The van der Waals surface area contributed by atoms with Crippen molar-refractivity contribution in [2.45, 2.75) is 19.8 Å². The van der Waals surface area contributed by atoms with Gasteiger partial charge in [0, 0.05) is 6.54 Å². The number of ether oxygens (including phenoxy) is 1. The maximum absolute atomic E-state index is 5.34. The molecule has 1 aliphatic rings. The Labute approximate surface area is 75.0 Å². The average molecular weight is 169 g/mol. The van der Waals surface area contributed by atoms with E-state index in [2.05, 4.69) is 11.9 Å². The van der Waals surface area contributed by atoms with E-state index in [0.717, 1.165) is 24.6 Å².